The Balaban J connectivity index is 2.38. The summed E-state index contributed by atoms with van der Waals surface area (Å²) in [4.78, 5) is 20.9. The summed E-state index contributed by atoms with van der Waals surface area (Å²) in [6.45, 7) is 11.3. The fraction of sp³-hybridized carbons (Fsp3) is 0.500. The third-order valence-electron chi connectivity index (χ3n) is 5.05. The van der Waals surface area contributed by atoms with Gasteiger partial charge in [-0.15, -0.1) is 0 Å². The smallest absolute Gasteiger partial charge is 0.408 e. The number of alkyl halides is 2. The zero-order chi connectivity index (χ0) is 25.0. The summed E-state index contributed by atoms with van der Waals surface area (Å²) in [5.74, 6) is -0.118. The third kappa shape index (κ3) is 6.37. The molecule has 2 aromatic rings. The third-order valence-corrected chi connectivity index (χ3v) is 5.05. The molecule has 1 heterocycles. The lowest BCUT2D eigenvalue weighted by Crippen LogP contribution is -2.61. The molecular formula is C24H30F2N4O3. The van der Waals surface area contributed by atoms with Gasteiger partial charge in [0.25, 0.3) is 6.43 Å². The number of hydrogen-bond acceptors (Lipinski definition) is 5. The largest absolute Gasteiger partial charge is 0.490 e. The highest BCUT2D eigenvalue weighted by Crippen LogP contribution is 2.33. The highest BCUT2D eigenvalue weighted by molar-refractivity contribution is 5.67. The summed E-state index contributed by atoms with van der Waals surface area (Å²) in [5.41, 5.74) is -0.611. The van der Waals surface area contributed by atoms with E-state index in [1.54, 1.807) is 12.1 Å². The van der Waals surface area contributed by atoms with Crippen LogP contribution in [0.1, 0.15) is 65.8 Å². The Kier molecular flexibility index (Phi) is 7.96. The number of carboxylic acid groups (broad SMARTS) is 1. The molecule has 1 unspecified atom stereocenters. The summed E-state index contributed by atoms with van der Waals surface area (Å²) in [7, 11) is 0. The Labute approximate surface area is 193 Å². The molecular weight excluding hydrogens is 430 g/mol. The van der Waals surface area contributed by atoms with Gasteiger partial charge in [-0.3, -0.25) is 4.90 Å². The van der Waals surface area contributed by atoms with Crippen molar-refractivity contribution in [1.82, 2.24) is 14.9 Å². The lowest BCUT2D eigenvalue weighted by Gasteiger charge is -2.47. The van der Waals surface area contributed by atoms with Crippen molar-refractivity contribution in [2.45, 2.75) is 65.5 Å². The van der Waals surface area contributed by atoms with Crippen LogP contribution in [0.25, 0.3) is 11.3 Å². The Morgan fingerprint density at radius 2 is 1.91 bits per heavy atom. The van der Waals surface area contributed by atoms with Gasteiger partial charge in [0.15, 0.2) is 5.82 Å². The topological polar surface area (TPSA) is 99.3 Å². The van der Waals surface area contributed by atoms with Gasteiger partial charge in [0.05, 0.1) is 16.8 Å². The van der Waals surface area contributed by atoms with Gasteiger partial charge in [-0.25, -0.2) is 23.5 Å². The highest BCUT2D eigenvalue weighted by Gasteiger charge is 2.43. The lowest BCUT2D eigenvalue weighted by molar-refractivity contribution is -0.0109. The Bertz CT molecular complexity index is 1030. The number of rotatable bonds is 8. The maximum atomic E-state index is 12.9. The number of benzene rings is 1. The van der Waals surface area contributed by atoms with E-state index >= 15 is 0 Å². The minimum Gasteiger partial charge on any atom is -0.490 e. The van der Waals surface area contributed by atoms with Crippen LogP contribution in [0.3, 0.4) is 0 Å². The number of halogens is 2. The van der Waals surface area contributed by atoms with Crippen LogP contribution < -0.4 is 4.74 Å². The van der Waals surface area contributed by atoms with Crippen molar-refractivity contribution in [3.05, 3.63) is 41.9 Å². The molecule has 178 valence electrons. The molecule has 1 amide bonds. The van der Waals surface area contributed by atoms with E-state index in [0.29, 0.717) is 12.0 Å². The van der Waals surface area contributed by atoms with Crippen LogP contribution >= 0.6 is 0 Å². The van der Waals surface area contributed by atoms with Crippen molar-refractivity contribution in [2.24, 2.45) is 5.92 Å². The minimum absolute atomic E-state index is 0.0335. The number of aromatic nitrogens is 2. The monoisotopic (exact) mass is 460 g/mol. The molecule has 2 rings (SSSR count). The van der Waals surface area contributed by atoms with Crippen LogP contribution in [-0.2, 0) is 0 Å². The molecule has 0 saturated carbocycles. The van der Waals surface area contributed by atoms with E-state index in [1.807, 2.05) is 41.5 Å². The second kappa shape index (κ2) is 10.1. The Morgan fingerprint density at radius 1 is 1.24 bits per heavy atom. The maximum absolute atomic E-state index is 12.9. The van der Waals surface area contributed by atoms with E-state index in [2.05, 4.69) is 16.0 Å². The molecule has 0 aliphatic rings. The molecule has 0 radical (unpaired) electrons. The molecule has 0 saturated heterocycles. The quantitative estimate of drug-likeness (QED) is 0.525. The molecule has 1 aromatic heterocycles. The zero-order valence-electron chi connectivity index (χ0n) is 19.8. The number of carbonyl (C=O) groups is 1. The van der Waals surface area contributed by atoms with Crippen LogP contribution in [0.2, 0.25) is 0 Å². The highest BCUT2D eigenvalue weighted by atomic mass is 19.3. The first-order valence-corrected chi connectivity index (χ1v) is 10.6. The predicted molar refractivity (Wildman–Crippen MR) is 120 cm³/mol. The normalized spacial score (nSPS) is 13.5. The number of nitrogens with zero attached hydrogens (tertiary/aromatic N) is 4. The predicted octanol–water partition coefficient (Wildman–Crippen LogP) is 5.91. The first-order valence-electron chi connectivity index (χ1n) is 10.6. The molecule has 0 spiro atoms. The van der Waals surface area contributed by atoms with Crippen LogP contribution in [0.4, 0.5) is 13.6 Å². The molecule has 0 fully saturated rings. The van der Waals surface area contributed by atoms with Crippen LogP contribution in [0.15, 0.2) is 30.5 Å². The van der Waals surface area contributed by atoms with Crippen LogP contribution in [0, 0.1) is 17.2 Å². The second-order valence-corrected chi connectivity index (χ2v) is 9.60. The van der Waals surface area contributed by atoms with Crippen molar-refractivity contribution in [1.29, 1.82) is 5.26 Å². The summed E-state index contributed by atoms with van der Waals surface area (Å²) >= 11 is 0. The summed E-state index contributed by atoms with van der Waals surface area (Å²) in [6.07, 6.45) is -2.07. The van der Waals surface area contributed by atoms with Crippen molar-refractivity contribution in [3.8, 4) is 23.1 Å². The molecule has 9 heteroatoms. The molecule has 0 aliphatic heterocycles. The number of amides is 1. The van der Waals surface area contributed by atoms with Crippen LogP contribution in [0.5, 0.6) is 5.75 Å². The van der Waals surface area contributed by atoms with E-state index in [0.717, 1.165) is 0 Å². The summed E-state index contributed by atoms with van der Waals surface area (Å²) < 4.78 is 31.9. The Hall–Kier alpha value is -3.28. The van der Waals surface area contributed by atoms with Gasteiger partial charge in [0.1, 0.15) is 18.4 Å². The average molecular weight is 461 g/mol. The van der Waals surface area contributed by atoms with Gasteiger partial charge in [-0.2, -0.15) is 5.26 Å². The SMILES string of the molecule is CC(C)CC(C)(COc1ccc(-c2ccnc(C(F)F)n2)cc1C#N)N(C(=O)O)C(C)(C)C. The van der Waals surface area contributed by atoms with Crippen LogP contribution in [-0.4, -0.2) is 43.8 Å². The molecule has 1 N–H and O–H groups in total. The van der Waals surface area contributed by atoms with E-state index in [-0.39, 0.29) is 29.5 Å². The molecule has 0 aliphatic carbocycles. The number of hydrogen-bond donors (Lipinski definition) is 1. The lowest BCUT2D eigenvalue weighted by atomic mass is 9.86. The van der Waals surface area contributed by atoms with Gasteiger partial charge in [0.2, 0.25) is 0 Å². The molecule has 1 atom stereocenters. The standard InChI is InChI=1S/C24H30F2N4O3/c1-15(2)12-24(6,30(22(31)32)23(3,4)5)14-33-19-8-7-16(11-17(19)13-27)18-9-10-28-21(29-18)20(25)26/h7-11,15,20H,12,14H2,1-6H3,(H,31,32). The first kappa shape index (κ1) is 26.0. The first-order chi connectivity index (χ1) is 15.3. The van der Waals surface area contributed by atoms with Gasteiger partial charge in [0, 0.05) is 17.3 Å². The fourth-order valence-electron chi connectivity index (χ4n) is 4.20. The van der Waals surface area contributed by atoms with Crippen molar-refractivity contribution in [2.75, 3.05) is 6.61 Å². The minimum atomic E-state index is -2.80. The molecule has 1 aromatic carbocycles. The van der Waals surface area contributed by atoms with Crippen molar-refractivity contribution < 1.29 is 23.4 Å². The van der Waals surface area contributed by atoms with Gasteiger partial charge < -0.3 is 9.84 Å². The van der Waals surface area contributed by atoms with E-state index in [9.17, 15) is 23.9 Å². The zero-order valence-corrected chi connectivity index (χ0v) is 19.8. The van der Waals surface area contributed by atoms with Gasteiger partial charge >= 0.3 is 6.09 Å². The van der Waals surface area contributed by atoms with Gasteiger partial charge in [-0.1, -0.05) is 13.8 Å². The summed E-state index contributed by atoms with van der Waals surface area (Å²) in [6, 6.07) is 8.23. The van der Waals surface area contributed by atoms with Gasteiger partial charge in [-0.05, 0) is 64.3 Å². The van der Waals surface area contributed by atoms with E-state index < -0.39 is 29.4 Å². The molecule has 7 nitrogen and oxygen atoms in total. The number of nitriles is 1. The fourth-order valence-corrected chi connectivity index (χ4v) is 4.20. The molecule has 0 bridgehead atoms. The van der Waals surface area contributed by atoms with E-state index in [1.165, 1.54) is 23.2 Å². The maximum Gasteiger partial charge on any atom is 0.408 e. The second-order valence-electron chi connectivity index (χ2n) is 9.60. The molecule has 33 heavy (non-hydrogen) atoms. The number of ether oxygens (including phenoxy) is 1. The van der Waals surface area contributed by atoms with Crippen molar-refractivity contribution in [3.63, 3.8) is 0 Å². The summed E-state index contributed by atoms with van der Waals surface area (Å²) in [5, 5.41) is 19.6. The average Bonchev–Trinajstić information content (AvgIpc) is 2.70. The van der Waals surface area contributed by atoms with Crippen molar-refractivity contribution >= 4 is 6.09 Å². The Morgan fingerprint density at radius 3 is 2.42 bits per heavy atom. The van der Waals surface area contributed by atoms with E-state index in [4.69, 9.17) is 4.74 Å².